The highest BCUT2D eigenvalue weighted by molar-refractivity contribution is 5.93. The molecule has 3 amide bonds. The SMILES string of the molecule is CC(NC(=O)Nc1ccc2c(c1)OCO2)C(=O)N1CCCC1. The van der Waals surface area contributed by atoms with E-state index in [1.54, 1.807) is 30.0 Å². The van der Waals surface area contributed by atoms with Crippen molar-refractivity contribution in [3.8, 4) is 11.5 Å². The Morgan fingerprint density at radius 2 is 1.91 bits per heavy atom. The van der Waals surface area contributed by atoms with Gasteiger partial charge in [-0.2, -0.15) is 0 Å². The minimum atomic E-state index is -0.549. The number of fused-ring (bicyclic) bond motifs is 1. The number of carbonyl (C=O) groups excluding carboxylic acids is 2. The van der Waals surface area contributed by atoms with E-state index in [0.29, 0.717) is 17.2 Å². The monoisotopic (exact) mass is 305 g/mol. The average molecular weight is 305 g/mol. The fraction of sp³-hybridized carbons (Fsp3) is 0.467. The Bertz CT molecular complexity index is 584. The molecule has 1 saturated heterocycles. The van der Waals surface area contributed by atoms with Gasteiger partial charge in [0.2, 0.25) is 12.7 Å². The van der Waals surface area contributed by atoms with Gasteiger partial charge in [-0.15, -0.1) is 0 Å². The Balaban J connectivity index is 1.54. The molecule has 22 heavy (non-hydrogen) atoms. The fourth-order valence-electron chi connectivity index (χ4n) is 2.61. The van der Waals surface area contributed by atoms with Crippen LogP contribution in [0.2, 0.25) is 0 Å². The van der Waals surface area contributed by atoms with Gasteiger partial charge in [0.25, 0.3) is 0 Å². The van der Waals surface area contributed by atoms with Crippen LogP contribution in [0.15, 0.2) is 18.2 Å². The van der Waals surface area contributed by atoms with E-state index in [2.05, 4.69) is 10.6 Å². The quantitative estimate of drug-likeness (QED) is 0.888. The highest BCUT2D eigenvalue weighted by Gasteiger charge is 2.24. The standard InChI is InChI=1S/C15H19N3O4/c1-10(14(19)18-6-2-3-7-18)16-15(20)17-11-4-5-12-13(8-11)22-9-21-12/h4-5,8,10H,2-3,6-7,9H2,1H3,(H2,16,17,20). The van der Waals surface area contributed by atoms with Crippen molar-refractivity contribution in [1.82, 2.24) is 10.2 Å². The minimum Gasteiger partial charge on any atom is -0.454 e. The zero-order valence-corrected chi connectivity index (χ0v) is 12.4. The van der Waals surface area contributed by atoms with Crippen LogP contribution >= 0.6 is 0 Å². The highest BCUT2D eigenvalue weighted by Crippen LogP contribution is 2.34. The molecule has 0 spiro atoms. The van der Waals surface area contributed by atoms with E-state index in [0.717, 1.165) is 25.9 Å². The Hall–Kier alpha value is -2.44. The van der Waals surface area contributed by atoms with Gasteiger partial charge < -0.3 is 25.0 Å². The number of rotatable bonds is 3. The number of hydrogen-bond donors (Lipinski definition) is 2. The van der Waals surface area contributed by atoms with E-state index >= 15 is 0 Å². The van der Waals surface area contributed by atoms with Crippen molar-refractivity contribution in [3.05, 3.63) is 18.2 Å². The summed E-state index contributed by atoms with van der Waals surface area (Å²) in [5.41, 5.74) is 0.586. The maximum atomic E-state index is 12.1. The number of nitrogens with zero attached hydrogens (tertiary/aromatic N) is 1. The van der Waals surface area contributed by atoms with Crippen molar-refractivity contribution in [3.63, 3.8) is 0 Å². The molecule has 2 aliphatic heterocycles. The molecule has 2 N–H and O–H groups in total. The van der Waals surface area contributed by atoms with E-state index in [4.69, 9.17) is 9.47 Å². The highest BCUT2D eigenvalue weighted by atomic mass is 16.7. The lowest BCUT2D eigenvalue weighted by molar-refractivity contribution is -0.131. The van der Waals surface area contributed by atoms with E-state index < -0.39 is 12.1 Å². The van der Waals surface area contributed by atoms with Crippen molar-refractivity contribution in [2.75, 3.05) is 25.2 Å². The molecule has 2 aliphatic rings. The van der Waals surface area contributed by atoms with E-state index in [-0.39, 0.29) is 12.7 Å². The lowest BCUT2D eigenvalue weighted by Gasteiger charge is -2.21. The van der Waals surface area contributed by atoms with E-state index in [1.807, 2.05) is 0 Å². The summed E-state index contributed by atoms with van der Waals surface area (Å²) in [5.74, 6) is 1.21. The second-order valence-corrected chi connectivity index (χ2v) is 5.42. The van der Waals surface area contributed by atoms with Crippen molar-refractivity contribution < 1.29 is 19.1 Å². The number of likely N-dealkylation sites (tertiary alicyclic amines) is 1. The molecule has 0 aliphatic carbocycles. The molecule has 0 radical (unpaired) electrons. The van der Waals surface area contributed by atoms with Gasteiger partial charge >= 0.3 is 6.03 Å². The van der Waals surface area contributed by atoms with E-state index in [1.165, 1.54) is 0 Å². The van der Waals surface area contributed by atoms with Crippen molar-refractivity contribution in [2.24, 2.45) is 0 Å². The lowest BCUT2D eigenvalue weighted by atomic mass is 10.2. The topological polar surface area (TPSA) is 79.9 Å². The minimum absolute atomic E-state index is 0.0432. The second kappa shape index (κ2) is 6.13. The summed E-state index contributed by atoms with van der Waals surface area (Å²) in [6.07, 6.45) is 2.06. The molecule has 7 nitrogen and oxygen atoms in total. The molecule has 1 atom stereocenters. The normalized spacial score (nSPS) is 17.2. The number of ether oxygens (including phenoxy) is 2. The van der Waals surface area contributed by atoms with Crippen LogP contribution in [0, 0.1) is 0 Å². The molecule has 7 heteroatoms. The molecular weight excluding hydrogens is 286 g/mol. The molecule has 1 aromatic carbocycles. The van der Waals surface area contributed by atoms with Crippen LogP contribution in [-0.4, -0.2) is 42.8 Å². The Morgan fingerprint density at radius 1 is 1.18 bits per heavy atom. The van der Waals surface area contributed by atoms with E-state index in [9.17, 15) is 9.59 Å². The first kappa shape index (κ1) is 14.5. The van der Waals surface area contributed by atoms with Gasteiger partial charge in [0.15, 0.2) is 11.5 Å². The zero-order valence-electron chi connectivity index (χ0n) is 12.4. The number of hydrogen-bond acceptors (Lipinski definition) is 4. The summed E-state index contributed by atoms with van der Waals surface area (Å²) < 4.78 is 10.5. The fourth-order valence-corrected chi connectivity index (χ4v) is 2.61. The molecule has 0 bridgehead atoms. The molecule has 0 saturated carbocycles. The molecular formula is C15H19N3O4. The van der Waals surface area contributed by atoms with Gasteiger partial charge in [0, 0.05) is 24.8 Å². The Kier molecular flexibility index (Phi) is 4.04. The molecule has 1 fully saturated rings. The summed E-state index contributed by atoms with van der Waals surface area (Å²) in [7, 11) is 0. The third kappa shape index (κ3) is 3.08. The number of carbonyl (C=O) groups is 2. The van der Waals surface area contributed by atoms with Crippen molar-refractivity contribution >= 4 is 17.6 Å². The molecule has 1 aromatic rings. The predicted octanol–water partition coefficient (Wildman–Crippen LogP) is 1.55. The summed E-state index contributed by atoms with van der Waals surface area (Å²) in [5, 5.41) is 5.35. The summed E-state index contributed by atoms with van der Waals surface area (Å²) >= 11 is 0. The summed E-state index contributed by atoms with van der Waals surface area (Å²) in [6.45, 7) is 3.43. The third-order valence-electron chi connectivity index (χ3n) is 3.77. The van der Waals surface area contributed by atoms with Crippen LogP contribution in [0.5, 0.6) is 11.5 Å². The first-order valence-corrected chi connectivity index (χ1v) is 7.39. The van der Waals surface area contributed by atoms with Gasteiger partial charge in [0.1, 0.15) is 6.04 Å². The van der Waals surface area contributed by atoms with Crippen LogP contribution in [-0.2, 0) is 4.79 Å². The van der Waals surface area contributed by atoms with Crippen LogP contribution in [0.25, 0.3) is 0 Å². The van der Waals surface area contributed by atoms with Gasteiger partial charge in [-0.1, -0.05) is 0 Å². The molecule has 3 rings (SSSR count). The number of nitrogens with one attached hydrogen (secondary N) is 2. The van der Waals surface area contributed by atoms with Gasteiger partial charge in [-0.25, -0.2) is 4.79 Å². The molecule has 1 unspecified atom stereocenters. The lowest BCUT2D eigenvalue weighted by Crippen LogP contribution is -2.47. The van der Waals surface area contributed by atoms with Crippen molar-refractivity contribution in [2.45, 2.75) is 25.8 Å². The average Bonchev–Trinajstić information content (AvgIpc) is 3.17. The molecule has 118 valence electrons. The maximum Gasteiger partial charge on any atom is 0.319 e. The molecule has 2 heterocycles. The Labute approximate surface area is 128 Å². The van der Waals surface area contributed by atoms with Gasteiger partial charge in [-0.3, -0.25) is 4.79 Å². The van der Waals surface area contributed by atoms with Crippen LogP contribution < -0.4 is 20.1 Å². The second-order valence-electron chi connectivity index (χ2n) is 5.42. The van der Waals surface area contributed by atoms with Gasteiger partial charge in [-0.05, 0) is 31.9 Å². The van der Waals surface area contributed by atoms with Crippen molar-refractivity contribution in [1.29, 1.82) is 0 Å². The number of benzene rings is 1. The van der Waals surface area contributed by atoms with Crippen LogP contribution in [0.3, 0.4) is 0 Å². The molecule has 0 aromatic heterocycles. The largest absolute Gasteiger partial charge is 0.454 e. The van der Waals surface area contributed by atoms with Crippen LogP contribution in [0.1, 0.15) is 19.8 Å². The van der Waals surface area contributed by atoms with Gasteiger partial charge in [0.05, 0.1) is 0 Å². The number of urea groups is 1. The smallest absolute Gasteiger partial charge is 0.319 e. The zero-order chi connectivity index (χ0) is 15.5. The Morgan fingerprint density at radius 3 is 2.68 bits per heavy atom. The number of anilines is 1. The van der Waals surface area contributed by atoms with Crippen LogP contribution in [0.4, 0.5) is 10.5 Å². The summed E-state index contributed by atoms with van der Waals surface area (Å²) in [4.78, 5) is 25.9. The number of amides is 3. The third-order valence-corrected chi connectivity index (χ3v) is 3.77. The predicted molar refractivity (Wildman–Crippen MR) is 80.0 cm³/mol. The maximum absolute atomic E-state index is 12.1. The first-order valence-electron chi connectivity index (χ1n) is 7.39. The first-order chi connectivity index (χ1) is 10.6. The summed E-state index contributed by atoms with van der Waals surface area (Å²) in [6, 6.07) is 4.18.